The van der Waals surface area contributed by atoms with Crippen molar-refractivity contribution in [1.29, 1.82) is 0 Å². The number of nitrogens with one attached hydrogen (secondary N) is 2. The van der Waals surface area contributed by atoms with Gasteiger partial charge in [0.1, 0.15) is 0 Å². The fourth-order valence-electron chi connectivity index (χ4n) is 2.19. The summed E-state index contributed by atoms with van der Waals surface area (Å²) < 4.78 is 39.9. The lowest BCUT2D eigenvalue weighted by Gasteiger charge is -2.12. The monoisotopic (exact) mass is 342 g/mol. The Kier molecular flexibility index (Phi) is 5.45. The summed E-state index contributed by atoms with van der Waals surface area (Å²) in [6, 6.07) is 4.28. The maximum absolute atomic E-state index is 12.8. The van der Waals surface area contributed by atoms with E-state index in [0.717, 1.165) is 12.1 Å². The highest BCUT2D eigenvalue weighted by atomic mass is 19.4. The number of carbonyl (C=O) groups excluding carboxylic acids is 1. The van der Waals surface area contributed by atoms with Gasteiger partial charge in [-0.3, -0.25) is 0 Å². The summed E-state index contributed by atoms with van der Waals surface area (Å²) in [6.45, 7) is 1.70. The molecule has 24 heavy (non-hydrogen) atoms. The van der Waals surface area contributed by atoms with Gasteiger partial charge in [0.15, 0.2) is 0 Å². The minimum atomic E-state index is -4.44. The number of hydrogen-bond acceptors (Lipinski definition) is 3. The maximum Gasteiger partial charge on any atom is 0.416 e. The number of rotatable bonds is 5. The van der Waals surface area contributed by atoms with Crippen molar-refractivity contribution in [2.24, 2.45) is 0 Å². The third-order valence-electron chi connectivity index (χ3n) is 3.27. The van der Waals surface area contributed by atoms with Crippen LogP contribution >= 0.6 is 0 Å². The van der Waals surface area contributed by atoms with Gasteiger partial charge in [-0.2, -0.15) is 18.3 Å². The third-order valence-corrected chi connectivity index (χ3v) is 3.27. The zero-order valence-corrected chi connectivity index (χ0v) is 12.9. The Morgan fingerprint density at radius 3 is 2.75 bits per heavy atom. The molecule has 0 bridgehead atoms. The summed E-state index contributed by atoms with van der Waals surface area (Å²) in [5, 5.41) is 17.7. The van der Waals surface area contributed by atoms with Gasteiger partial charge >= 0.3 is 12.2 Å². The number of anilines is 1. The second-order valence-corrected chi connectivity index (χ2v) is 4.92. The van der Waals surface area contributed by atoms with Gasteiger partial charge in [0.25, 0.3) is 0 Å². The number of aliphatic hydroxyl groups is 1. The number of urea groups is 1. The molecule has 0 atom stereocenters. The SMILES string of the molecule is CCc1c(NC(=O)NCCO)cnn1-c1cccc(C(F)(F)F)c1. The number of amides is 2. The topological polar surface area (TPSA) is 79.2 Å². The lowest BCUT2D eigenvalue weighted by atomic mass is 10.2. The highest BCUT2D eigenvalue weighted by molar-refractivity contribution is 5.89. The van der Waals surface area contributed by atoms with E-state index in [1.807, 2.05) is 0 Å². The van der Waals surface area contributed by atoms with E-state index < -0.39 is 17.8 Å². The first-order valence-electron chi connectivity index (χ1n) is 7.27. The normalized spacial score (nSPS) is 11.4. The van der Waals surface area contributed by atoms with Gasteiger partial charge in [-0.15, -0.1) is 0 Å². The number of aromatic nitrogens is 2. The Balaban J connectivity index is 2.31. The van der Waals surface area contributed by atoms with E-state index in [1.165, 1.54) is 23.0 Å². The highest BCUT2D eigenvalue weighted by Gasteiger charge is 2.30. The minimum absolute atomic E-state index is 0.0923. The number of hydrogen-bond donors (Lipinski definition) is 3. The molecule has 2 rings (SSSR count). The van der Waals surface area contributed by atoms with Gasteiger partial charge in [0, 0.05) is 6.54 Å². The molecule has 2 amide bonds. The molecular weight excluding hydrogens is 325 g/mol. The Hall–Kier alpha value is -2.55. The number of aliphatic hydroxyl groups excluding tert-OH is 1. The van der Waals surface area contributed by atoms with Crippen LogP contribution in [0.15, 0.2) is 30.5 Å². The van der Waals surface area contributed by atoms with Crippen LogP contribution in [0, 0.1) is 0 Å². The van der Waals surface area contributed by atoms with Crippen molar-refractivity contribution in [3.8, 4) is 5.69 Å². The molecule has 3 N–H and O–H groups in total. The number of halogens is 3. The highest BCUT2D eigenvalue weighted by Crippen LogP contribution is 2.31. The molecule has 0 radical (unpaired) electrons. The molecule has 0 saturated carbocycles. The van der Waals surface area contributed by atoms with Crippen LogP contribution in [0.5, 0.6) is 0 Å². The van der Waals surface area contributed by atoms with Gasteiger partial charge in [-0.05, 0) is 24.6 Å². The second kappa shape index (κ2) is 7.35. The van der Waals surface area contributed by atoms with E-state index in [1.54, 1.807) is 6.92 Å². The summed E-state index contributed by atoms with van der Waals surface area (Å²) in [5.74, 6) is 0. The maximum atomic E-state index is 12.8. The second-order valence-electron chi connectivity index (χ2n) is 4.92. The van der Waals surface area contributed by atoms with Gasteiger partial charge in [0.2, 0.25) is 0 Å². The van der Waals surface area contributed by atoms with Gasteiger partial charge in [-0.1, -0.05) is 13.0 Å². The number of alkyl halides is 3. The van der Waals surface area contributed by atoms with Gasteiger partial charge in [0.05, 0.1) is 35.4 Å². The quantitative estimate of drug-likeness (QED) is 0.781. The van der Waals surface area contributed by atoms with Crippen molar-refractivity contribution < 1.29 is 23.1 Å². The molecule has 0 aliphatic heterocycles. The Bertz CT molecular complexity index is 713. The molecule has 1 aromatic carbocycles. The zero-order valence-electron chi connectivity index (χ0n) is 12.9. The molecule has 0 aliphatic carbocycles. The molecule has 0 unspecified atom stereocenters. The average Bonchev–Trinajstić information content (AvgIpc) is 2.94. The van der Waals surface area contributed by atoms with Crippen LogP contribution in [0.25, 0.3) is 5.69 Å². The van der Waals surface area contributed by atoms with Crippen LogP contribution in [0.1, 0.15) is 18.2 Å². The largest absolute Gasteiger partial charge is 0.416 e. The minimum Gasteiger partial charge on any atom is -0.395 e. The van der Waals surface area contributed by atoms with Crippen LogP contribution in [-0.4, -0.2) is 34.1 Å². The van der Waals surface area contributed by atoms with Crippen molar-refractivity contribution in [3.63, 3.8) is 0 Å². The smallest absolute Gasteiger partial charge is 0.395 e. The van der Waals surface area contributed by atoms with E-state index in [2.05, 4.69) is 15.7 Å². The molecule has 1 aromatic heterocycles. The predicted molar refractivity (Wildman–Crippen MR) is 82.1 cm³/mol. The van der Waals surface area contributed by atoms with Crippen molar-refractivity contribution in [2.45, 2.75) is 19.5 Å². The Morgan fingerprint density at radius 2 is 2.12 bits per heavy atom. The molecule has 9 heteroatoms. The number of nitrogens with zero attached hydrogens (tertiary/aromatic N) is 2. The number of carbonyl (C=O) groups is 1. The van der Waals surface area contributed by atoms with Crippen LogP contribution in [0.4, 0.5) is 23.7 Å². The van der Waals surface area contributed by atoms with Crippen LogP contribution < -0.4 is 10.6 Å². The summed E-state index contributed by atoms with van der Waals surface area (Å²) in [5.41, 5.74) is 0.442. The lowest BCUT2D eigenvalue weighted by Crippen LogP contribution is -2.31. The fourth-order valence-corrected chi connectivity index (χ4v) is 2.19. The fraction of sp³-hybridized carbons (Fsp3) is 0.333. The van der Waals surface area contributed by atoms with E-state index in [-0.39, 0.29) is 18.8 Å². The molecule has 0 aliphatic rings. The zero-order chi connectivity index (χ0) is 17.7. The van der Waals surface area contributed by atoms with E-state index in [0.29, 0.717) is 17.8 Å². The van der Waals surface area contributed by atoms with Crippen molar-refractivity contribution in [1.82, 2.24) is 15.1 Å². The lowest BCUT2D eigenvalue weighted by molar-refractivity contribution is -0.137. The summed E-state index contributed by atoms with van der Waals surface area (Å²) in [4.78, 5) is 11.7. The van der Waals surface area contributed by atoms with E-state index >= 15 is 0 Å². The standard InChI is InChI=1S/C15H17F3N4O2/c1-2-13-12(21-14(24)19-6-7-23)9-20-22(13)11-5-3-4-10(8-11)15(16,17)18/h3-5,8-9,23H,2,6-7H2,1H3,(H2,19,21,24). The van der Waals surface area contributed by atoms with Crippen LogP contribution in [-0.2, 0) is 12.6 Å². The Morgan fingerprint density at radius 1 is 1.38 bits per heavy atom. The first-order valence-corrected chi connectivity index (χ1v) is 7.27. The molecule has 1 heterocycles. The van der Waals surface area contributed by atoms with E-state index in [9.17, 15) is 18.0 Å². The van der Waals surface area contributed by atoms with Crippen LogP contribution in [0.2, 0.25) is 0 Å². The molecule has 2 aromatic rings. The molecule has 0 fully saturated rings. The van der Waals surface area contributed by atoms with Gasteiger partial charge in [-0.25, -0.2) is 9.48 Å². The van der Waals surface area contributed by atoms with Crippen LogP contribution in [0.3, 0.4) is 0 Å². The molecule has 6 nitrogen and oxygen atoms in total. The predicted octanol–water partition coefficient (Wildman–Crippen LogP) is 2.57. The first-order chi connectivity index (χ1) is 11.4. The van der Waals surface area contributed by atoms with E-state index in [4.69, 9.17) is 5.11 Å². The molecular formula is C15H17F3N4O2. The third kappa shape index (κ3) is 4.05. The number of benzene rings is 1. The summed E-state index contributed by atoms with van der Waals surface area (Å²) in [7, 11) is 0. The molecule has 130 valence electrons. The van der Waals surface area contributed by atoms with Crippen molar-refractivity contribution in [2.75, 3.05) is 18.5 Å². The molecule has 0 saturated heterocycles. The van der Waals surface area contributed by atoms with Crippen molar-refractivity contribution in [3.05, 3.63) is 41.7 Å². The average molecular weight is 342 g/mol. The molecule has 0 spiro atoms. The van der Waals surface area contributed by atoms with Crippen molar-refractivity contribution >= 4 is 11.7 Å². The summed E-state index contributed by atoms with van der Waals surface area (Å²) >= 11 is 0. The first kappa shape index (κ1) is 17.8. The van der Waals surface area contributed by atoms with Gasteiger partial charge < -0.3 is 15.7 Å². The summed E-state index contributed by atoms with van der Waals surface area (Å²) in [6.07, 6.45) is -2.62. The Labute approximate surface area is 136 Å².